The summed E-state index contributed by atoms with van der Waals surface area (Å²) in [7, 11) is 1.55. The summed E-state index contributed by atoms with van der Waals surface area (Å²) in [5, 5.41) is 10.2. The van der Waals surface area contributed by atoms with Gasteiger partial charge in [-0.05, 0) is 57.2 Å². The molecule has 3 rings (SSSR count). The Labute approximate surface area is 201 Å². The van der Waals surface area contributed by atoms with E-state index in [4.69, 9.17) is 9.47 Å². The van der Waals surface area contributed by atoms with Crippen LogP contribution in [-0.4, -0.2) is 42.1 Å². The molecule has 0 atom stereocenters. The average Bonchev–Trinajstić information content (AvgIpc) is 3.25. The number of rotatable bonds is 7. The predicted molar refractivity (Wildman–Crippen MR) is 131 cm³/mol. The third-order valence-electron chi connectivity index (χ3n) is 4.34. The maximum atomic E-state index is 12.2. The molecule has 9 nitrogen and oxygen atoms in total. The van der Waals surface area contributed by atoms with Gasteiger partial charge in [0, 0.05) is 22.2 Å². The monoisotopic (exact) mass is 482 g/mol. The van der Waals surface area contributed by atoms with E-state index in [1.54, 1.807) is 76.4 Å². The fourth-order valence-electron chi connectivity index (χ4n) is 2.79. The molecule has 0 radical (unpaired) electrons. The van der Waals surface area contributed by atoms with Crippen molar-refractivity contribution in [3.63, 3.8) is 0 Å². The molecule has 0 unspecified atom stereocenters. The first-order chi connectivity index (χ1) is 16.1. The lowest BCUT2D eigenvalue weighted by atomic mass is 10.1. The van der Waals surface area contributed by atoms with Crippen LogP contribution in [0.5, 0.6) is 5.75 Å². The number of aromatic nitrogens is 1. The highest BCUT2D eigenvalue weighted by atomic mass is 32.1. The number of ether oxygens (including phenoxy) is 2. The van der Waals surface area contributed by atoms with Crippen molar-refractivity contribution < 1.29 is 23.9 Å². The molecule has 0 bridgehead atoms. The first-order valence-corrected chi connectivity index (χ1v) is 11.3. The van der Waals surface area contributed by atoms with Crippen LogP contribution < -0.4 is 20.7 Å². The van der Waals surface area contributed by atoms with E-state index in [1.165, 1.54) is 11.3 Å². The van der Waals surface area contributed by atoms with Crippen LogP contribution in [0.2, 0.25) is 0 Å². The molecule has 0 saturated heterocycles. The minimum Gasteiger partial charge on any atom is -0.497 e. The number of nitrogens with one attached hydrogen (secondary N) is 3. The maximum absolute atomic E-state index is 12.2. The topological polar surface area (TPSA) is 119 Å². The van der Waals surface area contributed by atoms with E-state index >= 15 is 0 Å². The number of hydrogen-bond acceptors (Lipinski definition) is 7. The van der Waals surface area contributed by atoms with Crippen LogP contribution in [0, 0.1) is 0 Å². The molecule has 0 aliphatic rings. The molecule has 0 aliphatic heterocycles. The molecule has 2 aromatic carbocycles. The molecule has 0 saturated carbocycles. The van der Waals surface area contributed by atoms with Gasteiger partial charge in [0.05, 0.1) is 19.3 Å². The van der Waals surface area contributed by atoms with Gasteiger partial charge in [-0.25, -0.2) is 9.78 Å². The standard InChI is InChI=1S/C24H26N4O5S/c1-24(2,3)33-23(31)28-22-27-19(14-34-22)15-5-9-17(10-6-15)26-20(29)13-25-21(30)16-7-11-18(32-4)12-8-16/h5-12,14H,13H2,1-4H3,(H,25,30)(H,26,29)(H,27,28,31). The van der Waals surface area contributed by atoms with Gasteiger partial charge >= 0.3 is 6.09 Å². The summed E-state index contributed by atoms with van der Waals surface area (Å²) < 4.78 is 10.3. The van der Waals surface area contributed by atoms with E-state index < -0.39 is 11.7 Å². The molecule has 10 heteroatoms. The van der Waals surface area contributed by atoms with Crippen LogP contribution in [0.15, 0.2) is 53.9 Å². The van der Waals surface area contributed by atoms with Gasteiger partial charge in [0.2, 0.25) is 5.91 Å². The Hall–Kier alpha value is -3.92. The van der Waals surface area contributed by atoms with Crippen molar-refractivity contribution in [1.29, 1.82) is 0 Å². The molecule has 1 aromatic heterocycles. The molecular formula is C24H26N4O5S. The van der Waals surface area contributed by atoms with Crippen molar-refractivity contribution in [2.45, 2.75) is 26.4 Å². The van der Waals surface area contributed by atoms with Gasteiger partial charge in [0.1, 0.15) is 11.4 Å². The first kappa shape index (κ1) is 24.7. The summed E-state index contributed by atoms with van der Waals surface area (Å²) in [6, 6.07) is 13.7. The van der Waals surface area contributed by atoms with Crippen molar-refractivity contribution >= 4 is 40.1 Å². The maximum Gasteiger partial charge on any atom is 0.413 e. The number of carbonyl (C=O) groups is 3. The van der Waals surface area contributed by atoms with Crippen molar-refractivity contribution in [3.8, 4) is 17.0 Å². The summed E-state index contributed by atoms with van der Waals surface area (Å²) >= 11 is 1.28. The van der Waals surface area contributed by atoms with Gasteiger partial charge in [-0.2, -0.15) is 0 Å². The first-order valence-electron chi connectivity index (χ1n) is 10.4. The highest BCUT2D eigenvalue weighted by molar-refractivity contribution is 7.14. The van der Waals surface area contributed by atoms with Crippen molar-refractivity contribution in [1.82, 2.24) is 10.3 Å². The molecule has 1 heterocycles. The van der Waals surface area contributed by atoms with Crippen LogP contribution >= 0.6 is 11.3 Å². The van der Waals surface area contributed by atoms with Gasteiger partial charge in [-0.15, -0.1) is 11.3 Å². The molecule has 3 amide bonds. The normalized spacial score (nSPS) is 10.8. The number of carbonyl (C=O) groups excluding carboxylic acids is 3. The second kappa shape index (κ2) is 10.8. The molecular weight excluding hydrogens is 456 g/mol. The summed E-state index contributed by atoms with van der Waals surface area (Å²) in [5.74, 6) is -0.0643. The van der Waals surface area contributed by atoms with Gasteiger partial charge in [-0.1, -0.05) is 12.1 Å². The lowest BCUT2D eigenvalue weighted by Crippen LogP contribution is -2.32. The highest BCUT2D eigenvalue weighted by Gasteiger charge is 2.17. The number of amides is 3. The molecule has 34 heavy (non-hydrogen) atoms. The summed E-state index contributed by atoms with van der Waals surface area (Å²) in [5.41, 5.74) is 1.92. The minimum absolute atomic E-state index is 0.168. The van der Waals surface area contributed by atoms with Crippen LogP contribution in [0.4, 0.5) is 15.6 Å². The molecule has 178 valence electrons. The van der Waals surface area contributed by atoms with E-state index in [-0.39, 0.29) is 18.4 Å². The summed E-state index contributed by atoms with van der Waals surface area (Å²) in [6.45, 7) is 5.19. The minimum atomic E-state index is -0.594. The Bertz CT molecular complexity index is 1150. The zero-order valence-electron chi connectivity index (χ0n) is 19.3. The van der Waals surface area contributed by atoms with Gasteiger partial charge < -0.3 is 20.1 Å². The summed E-state index contributed by atoms with van der Waals surface area (Å²) in [6.07, 6.45) is -0.564. The third-order valence-corrected chi connectivity index (χ3v) is 5.10. The van der Waals surface area contributed by atoms with Gasteiger partial charge in [0.15, 0.2) is 5.13 Å². The Balaban J connectivity index is 1.50. The average molecular weight is 483 g/mol. The zero-order valence-corrected chi connectivity index (χ0v) is 20.1. The van der Waals surface area contributed by atoms with Crippen LogP contribution in [0.1, 0.15) is 31.1 Å². The number of thiazole rings is 1. The number of methoxy groups -OCH3 is 1. The molecule has 3 N–H and O–H groups in total. The third kappa shape index (κ3) is 7.31. The number of anilines is 2. The number of nitrogens with zero attached hydrogens (tertiary/aromatic N) is 1. The fourth-order valence-corrected chi connectivity index (χ4v) is 3.49. The SMILES string of the molecule is COc1ccc(C(=O)NCC(=O)Nc2ccc(-c3csc(NC(=O)OC(C)(C)C)n3)cc2)cc1. The van der Waals surface area contributed by atoms with Crippen LogP contribution in [-0.2, 0) is 9.53 Å². The van der Waals surface area contributed by atoms with Crippen molar-refractivity contribution in [3.05, 3.63) is 59.5 Å². The van der Waals surface area contributed by atoms with E-state index in [0.717, 1.165) is 5.56 Å². The smallest absolute Gasteiger partial charge is 0.413 e. The van der Waals surface area contributed by atoms with E-state index in [0.29, 0.717) is 27.8 Å². The quantitative estimate of drug-likeness (QED) is 0.455. The Kier molecular flexibility index (Phi) is 7.85. The molecule has 3 aromatic rings. The second-order valence-electron chi connectivity index (χ2n) is 8.20. The highest BCUT2D eigenvalue weighted by Crippen LogP contribution is 2.26. The predicted octanol–water partition coefficient (Wildman–Crippen LogP) is 4.53. The van der Waals surface area contributed by atoms with Crippen molar-refractivity contribution in [2.75, 3.05) is 24.3 Å². The largest absolute Gasteiger partial charge is 0.497 e. The fraction of sp³-hybridized carbons (Fsp3) is 0.250. The lowest BCUT2D eigenvalue weighted by molar-refractivity contribution is -0.115. The molecule has 0 spiro atoms. The molecule has 0 fully saturated rings. The number of hydrogen-bond donors (Lipinski definition) is 3. The van der Waals surface area contributed by atoms with Crippen LogP contribution in [0.25, 0.3) is 11.3 Å². The summed E-state index contributed by atoms with van der Waals surface area (Å²) in [4.78, 5) is 40.6. The van der Waals surface area contributed by atoms with E-state index in [9.17, 15) is 14.4 Å². The Morgan fingerprint density at radius 2 is 1.65 bits per heavy atom. The van der Waals surface area contributed by atoms with Gasteiger partial charge in [-0.3, -0.25) is 14.9 Å². The number of benzene rings is 2. The lowest BCUT2D eigenvalue weighted by Gasteiger charge is -2.18. The zero-order chi connectivity index (χ0) is 24.7. The molecule has 0 aliphatic carbocycles. The second-order valence-corrected chi connectivity index (χ2v) is 9.06. The van der Waals surface area contributed by atoms with E-state index in [1.807, 2.05) is 5.38 Å². The van der Waals surface area contributed by atoms with E-state index in [2.05, 4.69) is 20.9 Å². The van der Waals surface area contributed by atoms with Gasteiger partial charge in [0.25, 0.3) is 5.91 Å². The Morgan fingerprint density at radius 3 is 2.26 bits per heavy atom. The van der Waals surface area contributed by atoms with Crippen LogP contribution in [0.3, 0.4) is 0 Å². The Morgan fingerprint density at radius 1 is 0.971 bits per heavy atom. The van der Waals surface area contributed by atoms with Crippen molar-refractivity contribution in [2.24, 2.45) is 0 Å².